The Labute approximate surface area is 179 Å². The molecule has 0 aliphatic heterocycles. The monoisotopic (exact) mass is 433 g/mol. The zero-order valence-corrected chi connectivity index (χ0v) is 17.5. The first-order valence-electron chi connectivity index (χ1n) is 9.17. The molecule has 0 saturated carbocycles. The topological polar surface area (TPSA) is 78.1 Å². The van der Waals surface area contributed by atoms with Gasteiger partial charge in [0.1, 0.15) is 11.6 Å². The van der Waals surface area contributed by atoms with E-state index in [0.29, 0.717) is 33.7 Å². The molecule has 5 rings (SSSR count). The van der Waals surface area contributed by atoms with Gasteiger partial charge in [-0.05, 0) is 24.4 Å². The van der Waals surface area contributed by atoms with Gasteiger partial charge in [-0.1, -0.05) is 41.6 Å². The van der Waals surface area contributed by atoms with E-state index in [2.05, 4.69) is 15.1 Å². The molecule has 8 heteroatoms. The lowest BCUT2D eigenvalue weighted by molar-refractivity contribution is 0.0470. The molecule has 0 aliphatic carbocycles. The van der Waals surface area contributed by atoms with Crippen molar-refractivity contribution < 1.29 is 14.1 Å². The highest BCUT2D eigenvalue weighted by molar-refractivity contribution is 7.13. The molecule has 0 saturated heterocycles. The summed E-state index contributed by atoms with van der Waals surface area (Å²) in [5.41, 5.74) is 3.71. The largest absolute Gasteiger partial charge is 0.456 e. The third-order valence-electron chi connectivity index (χ3n) is 4.53. The van der Waals surface area contributed by atoms with E-state index >= 15 is 0 Å². The van der Waals surface area contributed by atoms with Gasteiger partial charge < -0.3 is 9.26 Å². The summed E-state index contributed by atoms with van der Waals surface area (Å²) in [6.07, 6.45) is 0. The van der Waals surface area contributed by atoms with Crippen LogP contribution in [0.25, 0.3) is 32.2 Å². The third kappa shape index (κ3) is 3.51. The number of ether oxygens (including phenoxy) is 1. The van der Waals surface area contributed by atoms with Crippen molar-refractivity contribution in [3.8, 4) is 21.1 Å². The Morgan fingerprint density at radius 3 is 2.77 bits per heavy atom. The molecule has 4 aromatic heterocycles. The number of rotatable bonds is 5. The Balaban J connectivity index is 1.41. The molecule has 0 amide bonds. The van der Waals surface area contributed by atoms with Gasteiger partial charge in [-0.3, -0.25) is 0 Å². The predicted octanol–water partition coefficient (Wildman–Crippen LogP) is 5.74. The van der Waals surface area contributed by atoms with E-state index in [4.69, 9.17) is 9.26 Å². The zero-order chi connectivity index (χ0) is 20.5. The van der Waals surface area contributed by atoms with Crippen molar-refractivity contribution in [2.24, 2.45) is 0 Å². The van der Waals surface area contributed by atoms with E-state index in [9.17, 15) is 4.79 Å². The summed E-state index contributed by atoms with van der Waals surface area (Å²) < 4.78 is 10.9. The van der Waals surface area contributed by atoms with Crippen LogP contribution in [0.15, 0.2) is 63.8 Å². The molecule has 0 N–H and O–H groups in total. The molecule has 30 heavy (non-hydrogen) atoms. The van der Waals surface area contributed by atoms with Crippen LogP contribution in [-0.2, 0) is 11.3 Å². The van der Waals surface area contributed by atoms with Crippen LogP contribution in [0.2, 0.25) is 0 Å². The maximum atomic E-state index is 12.9. The van der Waals surface area contributed by atoms with Gasteiger partial charge in [0.25, 0.3) is 5.71 Å². The van der Waals surface area contributed by atoms with Gasteiger partial charge in [0.05, 0.1) is 32.9 Å². The molecule has 0 radical (unpaired) electrons. The number of pyridine rings is 1. The van der Waals surface area contributed by atoms with Crippen LogP contribution in [0.4, 0.5) is 0 Å². The van der Waals surface area contributed by atoms with Crippen molar-refractivity contribution in [3.63, 3.8) is 0 Å². The number of thiophene rings is 1. The minimum absolute atomic E-state index is 0.0879. The predicted molar refractivity (Wildman–Crippen MR) is 117 cm³/mol. The second-order valence-electron chi connectivity index (χ2n) is 6.57. The lowest BCUT2D eigenvalue weighted by Gasteiger charge is -2.06. The highest BCUT2D eigenvalue weighted by Crippen LogP contribution is 2.30. The molecular weight excluding hydrogens is 418 g/mol. The normalized spacial score (nSPS) is 11.1. The minimum Gasteiger partial charge on any atom is -0.456 e. The summed E-state index contributed by atoms with van der Waals surface area (Å²) in [4.78, 5) is 23.0. The molecule has 0 bridgehead atoms. The van der Waals surface area contributed by atoms with Gasteiger partial charge in [-0.15, -0.1) is 22.7 Å². The number of hydrogen-bond donors (Lipinski definition) is 0. The summed E-state index contributed by atoms with van der Waals surface area (Å²) in [5.74, 6) is -0.458. The number of fused-ring (bicyclic) bond motifs is 1. The van der Waals surface area contributed by atoms with E-state index < -0.39 is 5.97 Å². The quantitative estimate of drug-likeness (QED) is 0.329. The Bertz CT molecular complexity index is 1320. The molecule has 5 aromatic rings. The average Bonchev–Trinajstić information content (AvgIpc) is 3.54. The van der Waals surface area contributed by atoms with Crippen LogP contribution >= 0.6 is 22.7 Å². The molecular formula is C22H15N3O3S2. The summed E-state index contributed by atoms with van der Waals surface area (Å²) in [7, 11) is 0. The number of aromatic nitrogens is 3. The van der Waals surface area contributed by atoms with E-state index in [1.54, 1.807) is 13.0 Å². The molecule has 0 unspecified atom stereocenters. The molecule has 1 aromatic carbocycles. The maximum absolute atomic E-state index is 12.9. The number of aryl methyl sites for hydroxylation is 1. The van der Waals surface area contributed by atoms with Crippen molar-refractivity contribution in [2.75, 3.05) is 0 Å². The van der Waals surface area contributed by atoms with Crippen LogP contribution in [0.1, 0.15) is 21.7 Å². The Morgan fingerprint density at radius 2 is 1.97 bits per heavy atom. The fourth-order valence-corrected chi connectivity index (χ4v) is 4.61. The van der Waals surface area contributed by atoms with E-state index in [0.717, 1.165) is 15.4 Å². The summed E-state index contributed by atoms with van der Waals surface area (Å²) in [6.45, 7) is 1.87. The van der Waals surface area contributed by atoms with E-state index in [1.807, 2.05) is 53.2 Å². The highest BCUT2D eigenvalue weighted by Gasteiger charge is 2.21. The van der Waals surface area contributed by atoms with Gasteiger partial charge in [0, 0.05) is 10.9 Å². The number of carbonyl (C=O) groups is 1. The van der Waals surface area contributed by atoms with Gasteiger partial charge in [0.15, 0.2) is 0 Å². The minimum atomic E-state index is -0.458. The van der Waals surface area contributed by atoms with Crippen molar-refractivity contribution in [1.29, 1.82) is 0 Å². The summed E-state index contributed by atoms with van der Waals surface area (Å²) in [6, 6.07) is 15.5. The molecule has 0 fully saturated rings. The molecule has 6 nitrogen and oxygen atoms in total. The second kappa shape index (κ2) is 7.81. The highest BCUT2D eigenvalue weighted by atomic mass is 32.1. The number of hydrogen-bond acceptors (Lipinski definition) is 8. The fourth-order valence-electron chi connectivity index (χ4n) is 3.11. The number of esters is 1. The van der Waals surface area contributed by atoms with Gasteiger partial charge >= 0.3 is 5.97 Å². The van der Waals surface area contributed by atoms with Gasteiger partial charge in [-0.2, -0.15) is 0 Å². The van der Waals surface area contributed by atoms with Crippen molar-refractivity contribution in [2.45, 2.75) is 13.5 Å². The first kappa shape index (κ1) is 18.7. The molecule has 0 aliphatic rings. The first-order valence-corrected chi connectivity index (χ1v) is 10.9. The smallest absolute Gasteiger partial charge is 0.339 e. The lowest BCUT2D eigenvalue weighted by atomic mass is 10.1. The zero-order valence-electron chi connectivity index (χ0n) is 15.9. The number of thiazole rings is 1. The Hall–Kier alpha value is -3.36. The Morgan fingerprint density at radius 1 is 1.10 bits per heavy atom. The van der Waals surface area contributed by atoms with Gasteiger partial charge in [-0.25, -0.2) is 14.8 Å². The number of carbonyl (C=O) groups excluding carboxylic acids is 1. The van der Waals surface area contributed by atoms with Crippen LogP contribution in [0.3, 0.4) is 0 Å². The molecule has 148 valence electrons. The van der Waals surface area contributed by atoms with E-state index in [-0.39, 0.29) is 6.61 Å². The first-order chi connectivity index (χ1) is 14.7. The second-order valence-corrected chi connectivity index (χ2v) is 8.37. The van der Waals surface area contributed by atoms with Crippen molar-refractivity contribution in [3.05, 3.63) is 76.2 Å². The van der Waals surface area contributed by atoms with Crippen molar-refractivity contribution >= 4 is 39.7 Å². The molecule has 0 atom stereocenters. The number of nitrogens with zero attached hydrogens (tertiary/aromatic N) is 3. The fraction of sp³-hybridized carbons (Fsp3) is 0.0909. The SMILES string of the molecule is Cc1noc2nc(-c3cccs3)cc(C(=O)OCc3csc(-c4ccccc4)n3)c12. The molecule has 4 heterocycles. The van der Waals surface area contributed by atoms with Crippen LogP contribution in [0.5, 0.6) is 0 Å². The van der Waals surface area contributed by atoms with Gasteiger partial charge in [0.2, 0.25) is 0 Å². The van der Waals surface area contributed by atoms with Crippen LogP contribution < -0.4 is 0 Å². The maximum Gasteiger partial charge on any atom is 0.339 e. The van der Waals surface area contributed by atoms with Crippen LogP contribution in [-0.4, -0.2) is 21.1 Å². The third-order valence-corrected chi connectivity index (χ3v) is 6.37. The van der Waals surface area contributed by atoms with E-state index in [1.165, 1.54) is 22.7 Å². The van der Waals surface area contributed by atoms with Crippen molar-refractivity contribution in [1.82, 2.24) is 15.1 Å². The van der Waals surface area contributed by atoms with Crippen LogP contribution in [0, 0.1) is 6.92 Å². The number of benzene rings is 1. The summed E-state index contributed by atoms with van der Waals surface area (Å²) >= 11 is 3.06. The average molecular weight is 434 g/mol. The summed E-state index contributed by atoms with van der Waals surface area (Å²) in [5, 5.41) is 9.29. The Kier molecular flexibility index (Phi) is 4.86. The molecule has 0 spiro atoms. The lowest BCUT2D eigenvalue weighted by Crippen LogP contribution is -2.07. The standard InChI is InChI=1S/C22H15N3O3S2/c1-13-19-16(10-17(18-8-5-9-29-18)24-20(19)28-25-13)22(26)27-11-15-12-30-21(23-15)14-6-3-2-4-7-14/h2-10,12H,11H2,1H3.